The largest absolute Gasteiger partial charge is 0.444 e. The van der Waals surface area contributed by atoms with Crippen molar-refractivity contribution in [2.75, 3.05) is 6.16 Å². The van der Waals surface area contributed by atoms with Gasteiger partial charge < -0.3 is 9.05 Å². The Hall–Kier alpha value is -2.60. The van der Waals surface area contributed by atoms with E-state index in [9.17, 15) is 27.3 Å². The Balaban J connectivity index is 2.31. The summed E-state index contributed by atoms with van der Waals surface area (Å²) >= 11 is 0. The molecule has 0 atom stereocenters. The van der Waals surface area contributed by atoms with Crippen LogP contribution < -0.4 is 0 Å². The molecule has 0 fully saturated rings. The monoisotopic (exact) mass is 400 g/mol. The predicted octanol–water partition coefficient (Wildman–Crippen LogP) is 5.07. The van der Waals surface area contributed by atoms with E-state index in [1.165, 1.54) is 50.2 Å². The van der Waals surface area contributed by atoms with Crippen LogP contribution in [-0.2, 0) is 13.6 Å². The molecule has 5 nitrogen and oxygen atoms in total. The molecule has 0 spiro atoms. The van der Waals surface area contributed by atoms with Crippen molar-refractivity contribution in [3.63, 3.8) is 0 Å². The molecule has 0 bridgehead atoms. The van der Waals surface area contributed by atoms with E-state index in [2.05, 4.69) is 9.05 Å². The maximum atomic E-state index is 12.9. The lowest BCUT2D eigenvalue weighted by atomic mass is 10.1. The van der Waals surface area contributed by atoms with Crippen molar-refractivity contribution in [3.8, 4) is 0 Å². The Morgan fingerprint density at radius 2 is 1.22 bits per heavy atom. The topological polar surface area (TPSA) is 69.7 Å². The van der Waals surface area contributed by atoms with Crippen LogP contribution in [0.4, 0.5) is 13.2 Å². The van der Waals surface area contributed by atoms with Crippen LogP contribution in [0.5, 0.6) is 0 Å². The van der Waals surface area contributed by atoms with Gasteiger partial charge >= 0.3 is 25.7 Å². The first-order chi connectivity index (χ1) is 12.5. The molecule has 0 heterocycles. The molecule has 9 heteroatoms. The maximum Gasteiger partial charge on any atom is 0.444 e. The van der Waals surface area contributed by atoms with Crippen LogP contribution >= 0.6 is 7.60 Å². The third-order valence-electron chi connectivity index (χ3n) is 3.55. The van der Waals surface area contributed by atoms with Crippen LogP contribution in [0.15, 0.2) is 48.5 Å². The average Bonchev–Trinajstić information content (AvgIpc) is 2.53. The molecule has 2 aromatic rings. The Bertz CT molecular complexity index is 844. The van der Waals surface area contributed by atoms with Crippen molar-refractivity contribution in [3.05, 3.63) is 70.8 Å². The number of benzene rings is 2. The zero-order valence-corrected chi connectivity index (χ0v) is 15.3. The summed E-state index contributed by atoms with van der Waals surface area (Å²) in [6.45, 7) is 3.06. The fraction of sp³-hybridized carbons (Fsp3) is 0.222. The van der Waals surface area contributed by atoms with Gasteiger partial charge in [0.05, 0.1) is 11.1 Å². The minimum atomic E-state index is -5.15. The van der Waals surface area contributed by atoms with Crippen LogP contribution in [0, 0.1) is 13.8 Å². The van der Waals surface area contributed by atoms with E-state index in [1.807, 2.05) is 0 Å². The van der Waals surface area contributed by atoms with Crippen LogP contribution in [0.3, 0.4) is 0 Å². The van der Waals surface area contributed by atoms with Crippen molar-refractivity contribution in [1.29, 1.82) is 0 Å². The standard InChI is InChI=1S/C18H16F3O5P/c1-12-7-3-5-9-14(12)16(22)25-27(24,11-18(19,20)21)26-17(23)15-10-6-4-8-13(15)2/h3-10H,11H2,1-2H3. The first-order valence-electron chi connectivity index (χ1n) is 7.76. The number of carbonyl (C=O) groups excluding carboxylic acids is 2. The highest BCUT2D eigenvalue weighted by Gasteiger charge is 2.46. The molecule has 0 aliphatic heterocycles. The molecular weight excluding hydrogens is 384 g/mol. The summed E-state index contributed by atoms with van der Waals surface area (Å²) < 4.78 is 60.3. The van der Waals surface area contributed by atoms with Crippen molar-refractivity contribution in [1.82, 2.24) is 0 Å². The van der Waals surface area contributed by atoms with Gasteiger partial charge in [0.2, 0.25) is 0 Å². The van der Waals surface area contributed by atoms with E-state index < -0.39 is 31.9 Å². The first kappa shape index (κ1) is 20.7. The normalized spacial score (nSPS) is 11.7. The molecule has 0 amide bonds. The second-order valence-electron chi connectivity index (χ2n) is 5.77. The predicted molar refractivity (Wildman–Crippen MR) is 91.7 cm³/mol. The molecule has 0 radical (unpaired) electrons. The lowest BCUT2D eigenvalue weighted by Gasteiger charge is -2.20. The van der Waals surface area contributed by atoms with Gasteiger partial charge in [-0.05, 0) is 37.1 Å². The summed E-state index contributed by atoms with van der Waals surface area (Å²) in [5, 5.41) is 0. The summed E-state index contributed by atoms with van der Waals surface area (Å²) in [5.74, 6) is -2.53. The van der Waals surface area contributed by atoms with E-state index in [0.29, 0.717) is 11.1 Å². The zero-order chi connectivity index (χ0) is 20.2. The lowest BCUT2D eigenvalue weighted by Crippen LogP contribution is -2.21. The Morgan fingerprint density at radius 3 is 1.56 bits per heavy atom. The molecule has 2 rings (SSSR count). The van der Waals surface area contributed by atoms with Crippen molar-refractivity contribution in [2.24, 2.45) is 0 Å². The Kier molecular flexibility index (Phi) is 6.11. The molecular formula is C18H16F3O5P. The zero-order valence-electron chi connectivity index (χ0n) is 14.4. The minimum Gasteiger partial charge on any atom is -0.379 e. The third-order valence-corrected chi connectivity index (χ3v) is 5.18. The molecule has 0 aliphatic carbocycles. The molecule has 0 aliphatic rings. The van der Waals surface area contributed by atoms with Crippen LogP contribution in [0.2, 0.25) is 0 Å². The quantitative estimate of drug-likeness (QED) is 0.656. The molecule has 0 N–H and O–H groups in total. The van der Waals surface area contributed by atoms with E-state index in [0.717, 1.165) is 0 Å². The third kappa shape index (κ3) is 5.69. The summed E-state index contributed by atoms with van der Waals surface area (Å²) in [7, 11) is -5.15. The van der Waals surface area contributed by atoms with Crippen molar-refractivity contribution < 1.29 is 36.4 Å². The number of carbonyl (C=O) groups is 2. The maximum absolute atomic E-state index is 12.9. The second-order valence-corrected chi connectivity index (χ2v) is 7.67. The van der Waals surface area contributed by atoms with Gasteiger partial charge in [-0.1, -0.05) is 36.4 Å². The minimum absolute atomic E-state index is 0.0770. The van der Waals surface area contributed by atoms with E-state index in [-0.39, 0.29) is 11.1 Å². The van der Waals surface area contributed by atoms with Gasteiger partial charge in [-0.3, -0.25) is 0 Å². The van der Waals surface area contributed by atoms with Gasteiger partial charge in [0.1, 0.15) is 0 Å². The first-order valence-corrected chi connectivity index (χ1v) is 9.48. The summed E-state index contributed by atoms with van der Waals surface area (Å²) in [6, 6.07) is 11.8. The highest BCUT2D eigenvalue weighted by atomic mass is 31.2. The Labute approximate surface area is 153 Å². The van der Waals surface area contributed by atoms with E-state index in [4.69, 9.17) is 0 Å². The molecule has 144 valence electrons. The van der Waals surface area contributed by atoms with E-state index >= 15 is 0 Å². The highest BCUT2D eigenvalue weighted by molar-refractivity contribution is 7.55. The van der Waals surface area contributed by atoms with Crippen molar-refractivity contribution in [2.45, 2.75) is 20.0 Å². The molecule has 2 aromatic carbocycles. The number of halogens is 3. The highest BCUT2D eigenvalue weighted by Crippen LogP contribution is 2.53. The fourth-order valence-electron chi connectivity index (χ4n) is 2.26. The summed E-state index contributed by atoms with van der Waals surface area (Å²) in [5.41, 5.74) is 0.663. The number of hydrogen-bond donors (Lipinski definition) is 0. The van der Waals surface area contributed by atoms with Gasteiger partial charge in [0.25, 0.3) is 0 Å². The molecule has 0 saturated heterocycles. The lowest BCUT2D eigenvalue weighted by molar-refractivity contribution is -0.109. The summed E-state index contributed by atoms with van der Waals surface area (Å²) in [6.07, 6.45) is -7.05. The average molecular weight is 400 g/mol. The van der Waals surface area contributed by atoms with Gasteiger partial charge in [-0.25, -0.2) is 14.2 Å². The van der Waals surface area contributed by atoms with Crippen LogP contribution in [0.1, 0.15) is 31.8 Å². The van der Waals surface area contributed by atoms with Gasteiger partial charge in [0.15, 0.2) is 6.16 Å². The van der Waals surface area contributed by atoms with Crippen LogP contribution in [-0.4, -0.2) is 24.3 Å². The molecule has 0 aromatic heterocycles. The summed E-state index contributed by atoms with van der Waals surface area (Å²) in [4.78, 5) is 24.4. The number of alkyl halides is 3. The molecule has 27 heavy (non-hydrogen) atoms. The van der Waals surface area contributed by atoms with Gasteiger partial charge in [-0.15, -0.1) is 0 Å². The van der Waals surface area contributed by atoms with E-state index in [1.54, 1.807) is 12.1 Å². The van der Waals surface area contributed by atoms with Gasteiger partial charge in [-0.2, -0.15) is 13.2 Å². The Morgan fingerprint density at radius 1 is 0.852 bits per heavy atom. The number of rotatable bonds is 5. The van der Waals surface area contributed by atoms with Crippen LogP contribution in [0.25, 0.3) is 0 Å². The molecule has 0 unspecified atom stereocenters. The second kappa shape index (κ2) is 7.96. The molecule has 0 saturated carbocycles. The van der Waals surface area contributed by atoms with Crippen molar-refractivity contribution >= 4 is 19.5 Å². The fourth-order valence-corrected chi connectivity index (χ4v) is 3.57. The number of aryl methyl sites for hydroxylation is 2. The SMILES string of the molecule is Cc1ccccc1C(=O)OP(=O)(CC(F)(F)F)OC(=O)c1ccccc1C. The number of hydrogen-bond acceptors (Lipinski definition) is 5. The van der Waals surface area contributed by atoms with Gasteiger partial charge in [0, 0.05) is 0 Å². The smallest absolute Gasteiger partial charge is 0.379 e.